The monoisotopic (exact) mass is 1280 g/mol. The molecule has 0 radical (unpaired) electrons. The van der Waals surface area contributed by atoms with Gasteiger partial charge in [0.2, 0.25) is 65.0 Å². The summed E-state index contributed by atoms with van der Waals surface area (Å²) in [6.07, 6.45) is 4.06. The first-order chi connectivity index (χ1) is 42.9. The lowest BCUT2D eigenvalue weighted by Gasteiger charge is -2.34. The first-order valence-corrected chi connectivity index (χ1v) is 33.7. The predicted molar refractivity (Wildman–Crippen MR) is 340 cm³/mol. The summed E-state index contributed by atoms with van der Waals surface area (Å²) in [4.78, 5) is 180. The molecule has 11 N–H and O–H groups in total. The Morgan fingerprint density at radius 1 is 0.549 bits per heavy atom. The van der Waals surface area contributed by atoms with Gasteiger partial charge in [0.15, 0.2) is 0 Å². The number of nitrogens with one attached hydrogen (secondary N) is 8. The minimum Gasteiger partial charge on any atom is -0.391 e. The van der Waals surface area contributed by atoms with Gasteiger partial charge in [-0.05, 0) is 92.8 Å². The van der Waals surface area contributed by atoms with Gasteiger partial charge in [-0.15, -0.1) is 0 Å². The predicted octanol–water partition coefficient (Wildman–Crippen LogP) is 1.57. The van der Waals surface area contributed by atoms with Crippen molar-refractivity contribution in [1.29, 1.82) is 0 Å². The zero-order valence-corrected chi connectivity index (χ0v) is 56.5. The molecule has 512 valence electrons. The number of carbonyl (C=O) groups is 12. The number of carbonyl (C=O) groups excluding carboxylic acids is 12. The fraction of sp³-hybridized carbons (Fsp3) is 0.785. The van der Waals surface area contributed by atoms with Gasteiger partial charge in [0.05, 0.1) is 6.10 Å². The number of primary amides is 1. The summed E-state index contributed by atoms with van der Waals surface area (Å²) in [6, 6.07) is -12.8. The van der Waals surface area contributed by atoms with E-state index in [1.807, 2.05) is 62.3 Å². The smallest absolute Gasteiger partial charge is 0.272 e. The molecule has 0 aromatic carbocycles. The van der Waals surface area contributed by atoms with Gasteiger partial charge >= 0.3 is 0 Å². The van der Waals surface area contributed by atoms with E-state index < -0.39 is 173 Å². The fourth-order valence-electron chi connectivity index (χ4n) is 12.9. The first-order valence-electron chi connectivity index (χ1n) is 33.7. The van der Waals surface area contributed by atoms with E-state index in [4.69, 9.17) is 5.73 Å². The average Bonchev–Trinajstić information content (AvgIpc) is 2.17. The topological polar surface area (TPSA) is 360 Å². The molecule has 5 aliphatic rings. The summed E-state index contributed by atoms with van der Waals surface area (Å²) in [7, 11) is 0. The Kier molecular flexibility index (Phi) is 28.1. The summed E-state index contributed by atoms with van der Waals surface area (Å²) < 4.78 is 0. The largest absolute Gasteiger partial charge is 0.391 e. The molecule has 0 aromatic heterocycles. The van der Waals surface area contributed by atoms with Crippen molar-refractivity contribution >= 4 is 70.9 Å². The molecule has 12 amide bonds. The highest BCUT2D eigenvalue weighted by Gasteiger charge is 2.48. The van der Waals surface area contributed by atoms with E-state index in [2.05, 4.69) is 42.5 Å². The molecule has 0 spiro atoms. The molecule has 0 aliphatic carbocycles. The zero-order valence-electron chi connectivity index (χ0n) is 56.5. The van der Waals surface area contributed by atoms with Crippen molar-refractivity contribution < 1.29 is 62.6 Å². The Labute approximate surface area is 538 Å². The van der Waals surface area contributed by atoms with Crippen LogP contribution in [0.5, 0.6) is 0 Å². The van der Waals surface area contributed by atoms with Crippen LogP contribution >= 0.6 is 0 Å². The van der Waals surface area contributed by atoms with Crippen LogP contribution in [0.3, 0.4) is 0 Å². The molecule has 5 aliphatic heterocycles. The fourth-order valence-corrected chi connectivity index (χ4v) is 12.9. The van der Waals surface area contributed by atoms with Crippen molar-refractivity contribution in [3.05, 3.63) is 11.9 Å². The minimum absolute atomic E-state index is 0.0130. The molecule has 17 atom stereocenters. The van der Waals surface area contributed by atoms with Gasteiger partial charge < -0.3 is 73.0 Å². The maximum Gasteiger partial charge on any atom is 0.272 e. The zero-order chi connectivity index (χ0) is 67.9. The molecule has 0 unspecified atom stereocenters. The van der Waals surface area contributed by atoms with Crippen LogP contribution in [0.2, 0.25) is 0 Å². The molecule has 26 heteroatoms. The van der Waals surface area contributed by atoms with E-state index >= 15 is 14.4 Å². The third-order valence-electron chi connectivity index (χ3n) is 19.6. The standard InChI is InChI=1S/C65H109N13O13/c1-15-36(10)49(54(66)80)71-60(86)51(38(12)17-3)72-57(83)46-24-20-26-75(46)63(89)44-32-67-53(40(14)19-5)65(91)78-33-41(79)31-48(78)58(84)73-52(39(13)18-4)61(87)74-50(37(11)16-2)59(85)69-43(30-35(8)9)62(88)77-28-22-25-47(77)64(90)76-27-21-23-45(76)56(82)68-42(29-34(6)7)55(81)70-44/h32,34-43,45-53,67,79H,15-31,33H2,1-14H3,(H2,66,80)(H,68,82)(H,69,85)(H,70,81)(H,71,86)(H,72,83)(H,73,84)(H,74,87)/b44-32-/t36-,37-,38-,39-,40-,41+,42-,43-,45-,46-,47-,48-,49-,50-,51-,52-,53-/m0/s1. The Hall–Kier alpha value is -6.86. The van der Waals surface area contributed by atoms with Crippen molar-refractivity contribution in [3.63, 3.8) is 0 Å². The third kappa shape index (κ3) is 18.9. The normalized spacial score (nSPS) is 29.1. The van der Waals surface area contributed by atoms with Crippen LogP contribution in [0.25, 0.3) is 0 Å². The number of nitrogens with two attached hydrogens (primary N) is 1. The number of nitrogens with zero attached hydrogens (tertiary/aromatic N) is 4. The highest BCUT2D eigenvalue weighted by molar-refractivity contribution is 6.03. The lowest BCUT2D eigenvalue weighted by Crippen LogP contribution is -2.61. The van der Waals surface area contributed by atoms with Crippen LogP contribution in [-0.4, -0.2) is 194 Å². The van der Waals surface area contributed by atoms with Gasteiger partial charge in [0, 0.05) is 38.8 Å². The molecular weight excluding hydrogens is 1170 g/mol. The highest BCUT2D eigenvalue weighted by Crippen LogP contribution is 2.29. The number of rotatable bonds is 20. The second-order valence-electron chi connectivity index (χ2n) is 27.3. The number of likely N-dealkylation sites (tertiary alicyclic amines) is 1. The van der Waals surface area contributed by atoms with E-state index in [0.29, 0.717) is 51.4 Å². The first kappa shape index (κ1) is 74.9. The van der Waals surface area contributed by atoms with Crippen LogP contribution in [0.15, 0.2) is 11.9 Å². The minimum atomic E-state index is -1.32. The number of amides is 12. The van der Waals surface area contributed by atoms with E-state index in [1.54, 1.807) is 34.6 Å². The van der Waals surface area contributed by atoms with E-state index in [-0.39, 0.29) is 82.5 Å². The average molecular weight is 1280 g/mol. The van der Waals surface area contributed by atoms with Gasteiger partial charge in [0.1, 0.15) is 72.2 Å². The molecule has 0 aromatic rings. The molecule has 5 heterocycles. The van der Waals surface area contributed by atoms with Gasteiger partial charge in [-0.2, -0.15) is 0 Å². The third-order valence-corrected chi connectivity index (χ3v) is 19.6. The van der Waals surface area contributed by atoms with Crippen LogP contribution in [0, 0.1) is 41.4 Å². The van der Waals surface area contributed by atoms with Crippen molar-refractivity contribution in [2.75, 3.05) is 26.2 Å². The molecular formula is C65H109N13O13. The van der Waals surface area contributed by atoms with E-state index in [0.717, 1.165) is 6.20 Å². The Morgan fingerprint density at radius 3 is 1.60 bits per heavy atom. The molecule has 0 saturated carbocycles. The van der Waals surface area contributed by atoms with Crippen LogP contribution < -0.4 is 48.3 Å². The lowest BCUT2D eigenvalue weighted by molar-refractivity contribution is -0.148. The van der Waals surface area contributed by atoms with Crippen LogP contribution in [0.4, 0.5) is 0 Å². The maximum atomic E-state index is 15.4. The lowest BCUT2D eigenvalue weighted by atomic mass is 9.94. The molecule has 4 fully saturated rings. The molecule has 91 heavy (non-hydrogen) atoms. The number of aliphatic hydroxyl groups excluding tert-OH is 1. The summed E-state index contributed by atoms with van der Waals surface area (Å²) in [5, 5.41) is 34.2. The van der Waals surface area contributed by atoms with Gasteiger partial charge in [-0.25, -0.2) is 0 Å². The summed E-state index contributed by atoms with van der Waals surface area (Å²) in [6.45, 7) is 25.6. The van der Waals surface area contributed by atoms with Crippen molar-refractivity contribution in [2.24, 2.45) is 47.2 Å². The molecule has 4 saturated heterocycles. The Morgan fingerprint density at radius 2 is 1.04 bits per heavy atom. The van der Waals surface area contributed by atoms with Gasteiger partial charge in [-0.3, -0.25) is 57.5 Å². The number of hydrogen-bond donors (Lipinski definition) is 10. The van der Waals surface area contributed by atoms with Gasteiger partial charge in [0.25, 0.3) is 5.91 Å². The van der Waals surface area contributed by atoms with Crippen LogP contribution in [0.1, 0.15) is 187 Å². The quantitative estimate of drug-likeness (QED) is 0.0828. The van der Waals surface area contributed by atoms with Gasteiger partial charge in [-0.1, -0.05) is 129 Å². The van der Waals surface area contributed by atoms with E-state index in [1.165, 1.54) is 19.6 Å². The number of aliphatic hydroxyl groups is 1. The molecule has 5 rings (SSSR count). The molecule has 26 nitrogen and oxygen atoms in total. The SMILES string of the molecule is CC[C@H](C)[C@H](NC(=O)[C@@H](NC(=O)[C@@H]1CCCN1C(=O)/C1=C/N[C@@H]([C@@H](C)CC)C(=O)N2C[C@H](O)C[C@H]2C(=O)N[C@@H]([C@@H](C)CC)C(=O)N[C@@H]([C@@H](C)CC)C(=O)N[C@@H](CC(C)C)C(=O)N2CCC[C@H]2C(=O)N2CCC[C@H]2C(=O)N[C@@H](CC(C)C)C(=O)N1)[C@@H](C)CC)C(N)=O. The number of fused-ring (bicyclic) bond motifs is 3. The summed E-state index contributed by atoms with van der Waals surface area (Å²) in [5.41, 5.74) is 5.28. The Bertz CT molecular complexity index is 2650. The number of hydrogen-bond acceptors (Lipinski definition) is 14. The van der Waals surface area contributed by atoms with Crippen LogP contribution in [-0.2, 0) is 57.5 Å². The maximum absolute atomic E-state index is 15.4. The highest BCUT2D eigenvalue weighted by atomic mass is 16.3. The Balaban J connectivity index is 1.64. The second kappa shape index (κ2) is 34.2. The second-order valence-corrected chi connectivity index (χ2v) is 27.3. The summed E-state index contributed by atoms with van der Waals surface area (Å²) in [5.74, 6) is -10.8. The van der Waals surface area contributed by atoms with E-state index in [9.17, 15) is 48.3 Å². The van der Waals surface area contributed by atoms with Crippen molar-refractivity contribution in [3.8, 4) is 0 Å². The molecule has 0 bridgehead atoms. The summed E-state index contributed by atoms with van der Waals surface area (Å²) >= 11 is 0. The van der Waals surface area contributed by atoms with Crippen molar-refractivity contribution in [1.82, 2.24) is 62.1 Å². The van der Waals surface area contributed by atoms with Crippen molar-refractivity contribution in [2.45, 2.75) is 259 Å².